The van der Waals surface area contributed by atoms with Crippen LogP contribution in [0.5, 0.6) is 5.75 Å². The molecule has 1 heterocycles. The van der Waals surface area contributed by atoms with Crippen LogP contribution in [0.15, 0.2) is 66.9 Å². The molecule has 0 unspecified atom stereocenters. The first-order valence-corrected chi connectivity index (χ1v) is 10.0. The van der Waals surface area contributed by atoms with Gasteiger partial charge in [0.25, 0.3) is 0 Å². The van der Waals surface area contributed by atoms with Crippen molar-refractivity contribution in [3.63, 3.8) is 0 Å². The van der Waals surface area contributed by atoms with E-state index in [0.29, 0.717) is 0 Å². The number of ketones is 1. The van der Waals surface area contributed by atoms with E-state index < -0.39 is 0 Å². The molecule has 0 atom stereocenters. The van der Waals surface area contributed by atoms with E-state index in [1.807, 2.05) is 24.3 Å². The lowest BCUT2D eigenvalue weighted by atomic mass is 9.83. The summed E-state index contributed by atoms with van der Waals surface area (Å²) in [5.74, 6) is 0.401. The highest BCUT2D eigenvalue weighted by Crippen LogP contribution is 2.43. The number of rotatable bonds is 3. The predicted molar refractivity (Wildman–Crippen MR) is 121 cm³/mol. The molecule has 30 heavy (non-hydrogen) atoms. The Hall–Kier alpha value is -3.40. The molecule has 0 bridgehead atoms. The van der Waals surface area contributed by atoms with Gasteiger partial charge in [0, 0.05) is 23.0 Å². The topological polar surface area (TPSA) is 46.6 Å². The molecule has 4 heteroatoms. The molecule has 3 aromatic rings. The summed E-state index contributed by atoms with van der Waals surface area (Å²) in [6, 6.07) is 18.5. The molecule has 0 aromatic heterocycles. The molecule has 0 saturated heterocycles. The number of hydrogen-bond acceptors (Lipinski definition) is 3. The number of benzene rings is 3. The smallest absolute Gasteiger partial charge is 0.238 e. The molecule has 1 aliphatic heterocycles. The molecular weight excluding hydrogens is 374 g/mol. The lowest BCUT2D eigenvalue weighted by molar-refractivity contribution is -0.124. The van der Waals surface area contributed by atoms with Crippen molar-refractivity contribution in [1.82, 2.24) is 0 Å². The van der Waals surface area contributed by atoms with E-state index in [1.165, 1.54) is 11.5 Å². The van der Waals surface area contributed by atoms with E-state index in [2.05, 4.69) is 51.1 Å². The zero-order valence-corrected chi connectivity index (χ0v) is 17.7. The van der Waals surface area contributed by atoms with Crippen LogP contribution in [0.2, 0.25) is 0 Å². The fraction of sp³-hybridized carbons (Fsp3) is 0.231. The van der Waals surface area contributed by atoms with Gasteiger partial charge in [-0.3, -0.25) is 14.5 Å². The molecule has 3 aromatic carbocycles. The lowest BCUT2D eigenvalue weighted by Gasteiger charge is -2.28. The summed E-state index contributed by atoms with van der Waals surface area (Å²) in [6.45, 7) is 6.36. The van der Waals surface area contributed by atoms with Crippen molar-refractivity contribution in [2.75, 3.05) is 12.0 Å². The van der Waals surface area contributed by atoms with E-state index in [0.717, 1.165) is 33.5 Å². The van der Waals surface area contributed by atoms with Gasteiger partial charge < -0.3 is 4.74 Å². The van der Waals surface area contributed by atoms with Gasteiger partial charge in [-0.25, -0.2) is 0 Å². The molecule has 0 fully saturated rings. The number of fused-ring (bicyclic) bond motifs is 1. The van der Waals surface area contributed by atoms with Crippen LogP contribution in [0.3, 0.4) is 0 Å². The monoisotopic (exact) mass is 399 g/mol. The van der Waals surface area contributed by atoms with Crippen LogP contribution in [-0.2, 0) is 15.0 Å². The maximum absolute atomic E-state index is 12.6. The molecule has 4 nitrogen and oxygen atoms in total. The largest absolute Gasteiger partial charge is 0.496 e. The van der Waals surface area contributed by atoms with E-state index in [1.54, 1.807) is 18.2 Å². The van der Waals surface area contributed by atoms with Crippen LogP contribution in [0.25, 0.3) is 21.9 Å². The lowest BCUT2D eigenvalue weighted by Crippen LogP contribution is -2.31. The van der Waals surface area contributed by atoms with Gasteiger partial charge >= 0.3 is 0 Å². The number of methoxy groups -OCH3 is 1. The summed E-state index contributed by atoms with van der Waals surface area (Å²) < 4.78 is 5.88. The number of carbonyl (C=O) groups excluding carboxylic acids is 2. The normalized spacial score (nSPS) is 14.5. The summed E-state index contributed by atoms with van der Waals surface area (Å²) in [5.41, 5.74) is 3.47. The first-order chi connectivity index (χ1) is 14.3. The minimum Gasteiger partial charge on any atom is -0.496 e. The third-order valence-electron chi connectivity index (χ3n) is 5.43. The standard InChI is InChI=1S/C26H25NO3/c1-26(2,3)23-15-20(27-12-11-21(28)16-24(27)29)14-22(25(23)30-4)19-10-9-17-7-5-6-8-18(17)13-19/h5-15H,16H2,1-4H3. The minimum absolute atomic E-state index is 0.112. The highest BCUT2D eigenvalue weighted by atomic mass is 16.5. The zero-order valence-electron chi connectivity index (χ0n) is 17.7. The second-order valence-electron chi connectivity index (χ2n) is 8.61. The molecule has 4 rings (SSSR count). The van der Waals surface area contributed by atoms with Crippen molar-refractivity contribution in [2.24, 2.45) is 0 Å². The Balaban J connectivity index is 1.97. The Morgan fingerprint density at radius 1 is 0.933 bits per heavy atom. The van der Waals surface area contributed by atoms with Gasteiger partial charge in [-0.2, -0.15) is 0 Å². The van der Waals surface area contributed by atoms with Gasteiger partial charge in [0.15, 0.2) is 5.78 Å². The summed E-state index contributed by atoms with van der Waals surface area (Å²) in [6.07, 6.45) is 2.91. The fourth-order valence-electron chi connectivity index (χ4n) is 3.86. The van der Waals surface area contributed by atoms with Crippen molar-refractivity contribution in [3.05, 3.63) is 72.4 Å². The molecule has 0 spiro atoms. The highest BCUT2D eigenvalue weighted by molar-refractivity contribution is 6.13. The van der Waals surface area contributed by atoms with Gasteiger partial charge in [0.1, 0.15) is 5.75 Å². The first kappa shape index (κ1) is 19.9. The number of hydrogen-bond donors (Lipinski definition) is 0. The fourth-order valence-corrected chi connectivity index (χ4v) is 3.86. The van der Waals surface area contributed by atoms with Crippen LogP contribution in [-0.4, -0.2) is 18.8 Å². The Labute approximate surface area is 176 Å². The van der Waals surface area contributed by atoms with Crippen LogP contribution >= 0.6 is 0 Å². The quantitative estimate of drug-likeness (QED) is 0.536. The van der Waals surface area contributed by atoms with E-state index in [4.69, 9.17) is 4.74 Å². The summed E-state index contributed by atoms with van der Waals surface area (Å²) in [4.78, 5) is 25.8. The number of ether oxygens (including phenoxy) is 1. The Bertz CT molecular complexity index is 1180. The SMILES string of the molecule is COc1c(-c2ccc3ccccc3c2)cc(N2C=CC(=O)CC2=O)cc1C(C)(C)C. The third-order valence-corrected chi connectivity index (χ3v) is 5.43. The van der Waals surface area contributed by atoms with Crippen molar-refractivity contribution >= 4 is 28.2 Å². The van der Waals surface area contributed by atoms with Gasteiger partial charge in [0.05, 0.1) is 13.5 Å². The van der Waals surface area contributed by atoms with Crippen molar-refractivity contribution in [1.29, 1.82) is 0 Å². The molecule has 0 aliphatic carbocycles. The van der Waals surface area contributed by atoms with Crippen LogP contribution in [0, 0.1) is 0 Å². The Kier molecular flexibility index (Phi) is 4.94. The molecule has 1 aliphatic rings. The maximum Gasteiger partial charge on any atom is 0.238 e. The highest BCUT2D eigenvalue weighted by Gasteiger charge is 2.27. The van der Waals surface area contributed by atoms with Gasteiger partial charge in [-0.1, -0.05) is 57.2 Å². The van der Waals surface area contributed by atoms with Crippen molar-refractivity contribution in [2.45, 2.75) is 32.6 Å². The van der Waals surface area contributed by atoms with Gasteiger partial charge in [-0.15, -0.1) is 0 Å². The van der Waals surface area contributed by atoms with Crippen LogP contribution in [0.1, 0.15) is 32.8 Å². The second kappa shape index (κ2) is 7.45. The van der Waals surface area contributed by atoms with Crippen molar-refractivity contribution in [3.8, 4) is 16.9 Å². The van der Waals surface area contributed by atoms with Crippen LogP contribution < -0.4 is 9.64 Å². The van der Waals surface area contributed by atoms with Gasteiger partial charge in [-0.05, 0) is 46.0 Å². The number of amides is 1. The molecule has 0 saturated carbocycles. The number of nitrogens with zero attached hydrogens (tertiary/aromatic N) is 1. The van der Waals surface area contributed by atoms with E-state index in [-0.39, 0.29) is 23.5 Å². The Morgan fingerprint density at radius 3 is 2.33 bits per heavy atom. The van der Waals surface area contributed by atoms with E-state index >= 15 is 0 Å². The average Bonchev–Trinajstić information content (AvgIpc) is 2.72. The summed E-state index contributed by atoms with van der Waals surface area (Å²) in [7, 11) is 1.68. The molecular formula is C26H25NO3. The second-order valence-corrected chi connectivity index (χ2v) is 8.61. The number of anilines is 1. The molecule has 0 N–H and O–H groups in total. The van der Waals surface area contributed by atoms with Crippen molar-refractivity contribution < 1.29 is 14.3 Å². The summed E-state index contributed by atoms with van der Waals surface area (Å²) >= 11 is 0. The Morgan fingerprint density at radius 2 is 1.67 bits per heavy atom. The number of carbonyl (C=O) groups is 2. The van der Waals surface area contributed by atoms with Gasteiger partial charge in [0.2, 0.25) is 5.91 Å². The molecule has 1 amide bonds. The van der Waals surface area contributed by atoms with Crippen LogP contribution in [0.4, 0.5) is 5.69 Å². The molecule has 152 valence electrons. The summed E-state index contributed by atoms with van der Waals surface area (Å²) in [5, 5.41) is 2.30. The first-order valence-electron chi connectivity index (χ1n) is 10.0. The zero-order chi connectivity index (χ0) is 21.5. The molecule has 0 radical (unpaired) electrons. The number of allylic oxidation sites excluding steroid dienone is 1. The predicted octanol–water partition coefficient (Wildman–Crippen LogP) is 5.63. The van der Waals surface area contributed by atoms with E-state index in [9.17, 15) is 9.59 Å². The average molecular weight is 399 g/mol. The third kappa shape index (κ3) is 3.61. The minimum atomic E-state index is -0.225. The maximum atomic E-state index is 12.6.